The molecule has 4 rings (SSSR count). The predicted molar refractivity (Wildman–Crippen MR) is 115 cm³/mol. The molecule has 0 unspecified atom stereocenters. The number of nitrogens with zero attached hydrogens (tertiary/aromatic N) is 3. The number of rotatable bonds is 5. The van der Waals surface area contributed by atoms with Crippen LogP contribution in [0.15, 0.2) is 101 Å². The molecule has 134 valence electrons. The lowest BCUT2D eigenvalue weighted by atomic mass is 10.0. The summed E-state index contributed by atoms with van der Waals surface area (Å²) in [6.45, 7) is 1.87. The number of hydrogen-bond acceptors (Lipinski definition) is 3. The lowest BCUT2D eigenvalue weighted by molar-refractivity contribution is 0.456. The van der Waals surface area contributed by atoms with Crippen molar-refractivity contribution in [3.05, 3.63) is 108 Å². The summed E-state index contributed by atoms with van der Waals surface area (Å²) in [6.07, 6.45) is 0. The second-order valence-electron chi connectivity index (χ2n) is 6.32. The van der Waals surface area contributed by atoms with Crippen molar-refractivity contribution in [2.75, 3.05) is 12.3 Å². The first-order chi connectivity index (χ1) is 13.4. The summed E-state index contributed by atoms with van der Waals surface area (Å²) in [6, 6.07) is 31.0. The summed E-state index contributed by atoms with van der Waals surface area (Å²) in [7, 11) is 0. The summed E-state index contributed by atoms with van der Waals surface area (Å²) in [5.74, 6) is 1.05. The fourth-order valence-corrected chi connectivity index (χ4v) is 3.97. The van der Waals surface area contributed by atoms with Crippen LogP contribution in [0.4, 0.5) is 0 Å². The first-order valence-electron chi connectivity index (χ1n) is 9.08. The van der Waals surface area contributed by atoms with E-state index in [1.807, 2.05) is 42.5 Å². The van der Waals surface area contributed by atoms with Gasteiger partial charge in [0.25, 0.3) is 0 Å². The van der Waals surface area contributed by atoms with Crippen molar-refractivity contribution in [2.24, 2.45) is 10.2 Å². The molecule has 1 aliphatic heterocycles. The molecule has 0 radical (unpaired) electrons. The van der Waals surface area contributed by atoms with E-state index in [4.69, 9.17) is 0 Å². The van der Waals surface area contributed by atoms with E-state index in [9.17, 15) is 0 Å². The van der Waals surface area contributed by atoms with Gasteiger partial charge in [-0.1, -0.05) is 103 Å². The molecule has 3 nitrogen and oxygen atoms in total. The average Bonchev–Trinajstić information content (AvgIpc) is 3.17. The Hall–Kier alpha value is -2.85. The van der Waals surface area contributed by atoms with Crippen molar-refractivity contribution in [3.63, 3.8) is 0 Å². The molecule has 0 bridgehead atoms. The summed E-state index contributed by atoms with van der Waals surface area (Å²) in [5.41, 5.74) is 4.34. The van der Waals surface area contributed by atoms with E-state index in [0.29, 0.717) is 0 Å². The standard InChI is InChI=1S/C23H21N3S/c1-4-10-19(11-5-1)18-26-16-17-27-23(26)25-24-22(20-12-6-2-7-13-20)21-14-8-3-9-15-21/h1-15H,16-18H2/b25-23+. The highest BCUT2D eigenvalue weighted by Crippen LogP contribution is 2.21. The van der Waals surface area contributed by atoms with Crippen LogP contribution in [0.1, 0.15) is 16.7 Å². The molecule has 0 aliphatic carbocycles. The Labute approximate surface area is 164 Å². The van der Waals surface area contributed by atoms with Crippen molar-refractivity contribution < 1.29 is 0 Å². The molecule has 0 aromatic heterocycles. The molecule has 4 heteroatoms. The van der Waals surface area contributed by atoms with Crippen molar-refractivity contribution in [3.8, 4) is 0 Å². The topological polar surface area (TPSA) is 28.0 Å². The van der Waals surface area contributed by atoms with E-state index in [1.54, 1.807) is 11.8 Å². The highest BCUT2D eigenvalue weighted by atomic mass is 32.2. The molecule has 0 amide bonds. The van der Waals surface area contributed by atoms with Gasteiger partial charge >= 0.3 is 0 Å². The minimum absolute atomic E-state index is 0.869. The van der Waals surface area contributed by atoms with Gasteiger partial charge in [0, 0.05) is 30.0 Å². The van der Waals surface area contributed by atoms with E-state index in [-0.39, 0.29) is 0 Å². The number of amidine groups is 1. The van der Waals surface area contributed by atoms with Gasteiger partial charge in [-0.2, -0.15) is 0 Å². The fraction of sp³-hybridized carbons (Fsp3) is 0.130. The van der Waals surface area contributed by atoms with Gasteiger partial charge in [0.2, 0.25) is 0 Å². The molecule has 0 spiro atoms. The normalized spacial score (nSPS) is 15.1. The Morgan fingerprint density at radius 2 is 1.33 bits per heavy atom. The van der Waals surface area contributed by atoms with Gasteiger partial charge < -0.3 is 4.90 Å². The van der Waals surface area contributed by atoms with Crippen LogP contribution in [0.3, 0.4) is 0 Å². The molecular formula is C23H21N3S. The van der Waals surface area contributed by atoms with Crippen LogP contribution in [-0.4, -0.2) is 28.1 Å². The molecule has 1 fully saturated rings. The Balaban J connectivity index is 1.64. The van der Waals surface area contributed by atoms with Gasteiger partial charge in [-0.05, 0) is 5.56 Å². The lowest BCUT2D eigenvalue weighted by Gasteiger charge is -2.17. The monoisotopic (exact) mass is 371 g/mol. The second-order valence-corrected chi connectivity index (χ2v) is 7.38. The van der Waals surface area contributed by atoms with E-state index >= 15 is 0 Å². The number of benzene rings is 3. The van der Waals surface area contributed by atoms with E-state index in [2.05, 4.69) is 63.6 Å². The molecular weight excluding hydrogens is 350 g/mol. The maximum atomic E-state index is 4.68. The summed E-state index contributed by atoms with van der Waals surface area (Å²) in [5, 5.41) is 10.3. The summed E-state index contributed by atoms with van der Waals surface area (Å²) >= 11 is 1.77. The first-order valence-corrected chi connectivity index (χ1v) is 10.1. The van der Waals surface area contributed by atoms with Crippen molar-refractivity contribution in [1.82, 2.24) is 4.90 Å². The van der Waals surface area contributed by atoms with Gasteiger partial charge in [0.15, 0.2) is 5.17 Å². The van der Waals surface area contributed by atoms with Gasteiger partial charge in [0.05, 0.1) is 0 Å². The third-order valence-corrected chi connectivity index (χ3v) is 5.39. The molecule has 1 aliphatic rings. The third-order valence-electron chi connectivity index (χ3n) is 4.41. The van der Waals surface area contributed by atoms with Gasteiger partial charge in [-0.3, -0.25) is 0 Å². The van der Waals surface area contributed by atoms with Gasteiger partial charge in [0.1, 0.15) is 5.71 Å². The van der Waals surface area contributed by atoms with Crippen LogP contribution in [0, 0.1) is 0 Å². The van der Waals surface area contributed by atoms with Crippen LogP contribution in [0.5, 0.6) is 0 Å². The van der Waals surface area contributed by atoms with Crippen LogP contribution in [0.25, 0.3) is 0 Å². The molecule has 0 saturated carbocycles. The van der Waals surface area contributed by atoms with Crippen LogP contribution in [0.2, 0.25) is 0 Å². The third kappa shape index (κ3) is 4.47. The minimum Gasteiger partial charge on any atom is -0.345 e. The predicted octanol–water partition coefficient (Wildman–Crippen LogP) is 5.04. The maximum Gasteiger partial charge on any atom is 0.186 e. The van der Waals surface area contributed by atoms with Crippen LogP contribution in [-0.2, 0) is 6.54 Å². The maximum absolute atomic E-state index is 4.68. The molecule has 1 saturated heterocycles. The van der Waals surface area contributed by atoms with Crippen LogP contribution < -0.4 is 0 Å². The molecule has 3 aromatic rings. The van der Waals surface area contributed by atoms with E-state index < -0.39 is 0 Å². The fourth-order valence-electron chi connectivity index (χ4n) is 3.04. The van der Waals surface area contributed by atoms with Crippen LogP contribution >= 0.6 is 11.8 Å². The molecule has 0 N–H and O–H groups in total. The lowest BCUT2D eigenvalue weighted by Crippen LogP contribution is -2.23. The average molecular weight is 372 g/mol. The highest BCUT2D eigenvalue weighted by Gasteiger charge is 2.20. The van der Waals surface area contributed by atoms with Gasteiger partial charge in [-0.15, -0.1) is 10.2 Å². The second kappa shape index (κ2) is 8.69. The largest absolute Gasteiger partial charge is 0.345 e. The molecule has 1 heterocycles. The molecule has 3 aromatic carbocycles. The minimum atomic E-state index is 0.869. The highest BCUT2D eigenvalue weighted by molar-refractivity contribution is 8.14. The van der Waals surface area contributed by atoms with Crippen molar-refractivity contribution in [2.45, 2.75) is 6.54 Å². The first kappa shape index (κ1) is 17.6. The zero-order valence-electron chi connectivity index (χ0n) is 15.0. The summed E-state index contributed by atoms with van der Waals surface area (Å²) < 4.78 is 0. The van der Waals surface area contributed by atoms with Crippen molar-refractivity contribution in [1.29, 1.82) is 0 Å². The zero-order valence-corrected chi connectivity index (χ0v) is 15.8. The van der Waals surface area contributed by atoms with E-state index in [0.717, 1.165) is 40.8 Å². The van der Waals surface area contributed by atoms with Crippen molar-refractivity contribution >= 4 is 22.6 Å². The SMILES string of the molecule is c1ccc(CN2CCS/C2=N/N=C(c2ccccc2)c2ccccc2)cc1. The number of hydrogen-bond donors (Lipinski definition) is 0. The van der Waals surface area contributed by atoms with E-state index in [1.165, 1.54) is 5.56 Å². The Morgan fingerprint density at radius 1 is 0.778 bits per heavy atom. The summed E-state index contributed by atoms with van der Waals surface area (Å²) in [4.78, 5) is 2.30. The quantitative estimate of drug-likeness (QED) is 0.464. The number of thioether (sulfide) groups is 1. The Morgan fingerprint density at radius 3 is 1.93 bits per heavy atom. The molecule has 0 atom stereocenters. The Kier molecular flexibility index (Phi) is 5.65. The van der Waals surface area contributed by atoms with Gasteiger partial charge in [-0.25, -0.2) is 0 Å². The smallest absolute Gasteiger partial charge is 0.186 e. The molecule has 27 heavy (non-hydrogen) atoms. The zero-order chi connectivity index (χ0) is 18.3. The Bertz CT molecular complexity index is 880.